The minimum Gasteiger partial charge on any atom is -0.495 e. The first-order valence-electron chi connectivity index (χ1n) is 3.63. The van der Waals surface area contributed by atoms with E-state index in [2.05, 4.69) is 22.6 Å². The van der Waals surface area contributed by atoms with Crippen molar-refractivity contribution in [3.05, 3.63) is 26.9 Å². The molecule has 0 aliphatic heterocycles. The van der Waals surface area contributed by atoms with E-state index in [1.54, 1.807) is 13.2 Å². The molecule has 1 aromatic heterocycles. The van der Waals surface area contributed by atoms with Crippen molar-refractivity contribution in [3.63, 3.8) is 0 Å². The molecule has 0 N–H and O–H groups in total. The molecular weight excluding hydrogens is 302 g/mol. The largest absolute Gasteiger partial charge is 0.495 e. The summed E-state index contributed by atoms with van der Waals surface area (Å²) in [5.74, 6) is 0.576. The summed E-state index contributed by atoms with van der Waals surface area (Å²) in [6, 6.07) is 3.24. The summed E-state index contributed by atoms with van der Waals surface area (Å²) in [4.78, 5) is 0. The Morgan fingerprint density at radius 3 is 2.92 bits per heavy atom. The van der Waals surface area contributed by atoms with Crippen molar-refractivity contribution in [1.29, 1.82) is 0 Å². The molecule has 0 aliphatic rings. The van der Waals surface area contributed by atoms with Crippen molar-refractivity contribution < 1.29 is 9.13 Å². The first kappa shape index (κ1) is 9.21. The molecule has 0 aliphatic carbocycles. The van der Waals surface area contributed by atoms with Crippen LogP contribution >= 0.6 is 33.9 Å². The van der Waals surface area contributed by atoms with Crippen molar-refractivity contribution in [3.8, 4) is 5.75 Å². The van der Waals surface area contributed by atoms with E-state index in [0.29, 0.717) is 4.70 Å². The monoisotopic (exact) mass is 308 g/mol. The van der Waals surface area contributed by atoms with Crippen molar-refractivity contribution in [2.24, 2.45) is 0 Å². The molecular formula is C9H6FIOS. The van der Waals surface area contributed by atoms with Crippen LogP contribution < -0.4 is 4.74 Å². The quantitative estimate of drug-likeness (QED) is 0.731. The molecule has 1 heterocycles. The molecule has 0 radical (unpaired) electrons. The van der Waals surface area contributed by atoms with E-state index in [1.165, 1.54) is 17.4 Å². The van der Waals surface area contributed by atoms with E-state index in [0.717, 1.165) is 14.7 Å². The van der Waals surface area contributed by atoms with E-state index < -0.39 is 0 Å². The fourth-order valence-electron chi connectivity index (χ4n) is 1.20. The highest BCUT2D eigenvalue weighted by Crippen LogP contribution is 2.36. The maximum absolute atomic E-state index is 13.3. The van der Waals surface area contributed by atoms with Gasteiger partial charge in [0.25, 0.3) is 0 Å². The lowest BCUT2D eigenvalue weighted by Crippen LogP contribution is -1.83. The predicted molar refractivity (Wildman–Crippen MR) is 61.1 cm³/mol. The number of fused-ring (bicyclic) bond motifs is 1. The van der Waals surface area contributed by atoms with Gasteiger partial charge in [-0.15, -0.1) is 11.3 Å². The second-order valence-electron chi connectivity index (χ2n) is 2.54. The topological polar surface area (TPSA) is 9.23 Å². The molecule has 0 unspecified atom stereocenters. The molecule has 0 fully saturated rings. The third kappa shape index (κ3) is 1.42. The Labute approximate surface area is 92.7 Å². The Balaban J connectivity index is 2.87. The summed E-state index contributed by atoms with van der Waals surface area (Å²) >= 11 is 3.55. The van der Waals surface area contributed by atoms with Crippen LogP contribution in [0.15, 0.2) is 17.5 Å². The van der Waals surface area contributed by atoms with Crippen LogP contribution in [0.1, 0.15) is 0 Å². The third-order valence-corrected chi connectivity index (χ3v) is 3.67. The average Bonchev–Trinajstić information content (AvgIpc) is 2.56. The number of benzene rings is 1. The fraction of sp³-hybridized carbons (Fsp3) is 0.111. The van der Waals surface area contributed by atoms with Gasteiger partial charge in [-0.1, -0.05) is 0 Å². The van der Waals surface area contributed by atoms with Crippen molar-refractivity contribution in [2.75, 3.05) is 7.11 Å². The van der Waals surface area contributed by atoms with Crippen molar-refractivity contribution in [2.45, 2.75) is 0 Å². The Bertz CT molecular complexity index is 452. The molecule has 0 bridgehead atoms. The van der Waals surface area contributed by atoms with Gasteiger partial charge in [-0.05, 0) is 34.7 Å². The summed E-state index contributed by atoms with van der Waals surface area (Å²) < 4.78 is 20.1. The number of methoxy groups -OCH3 is 1. The predicted octanol–water partition coefficient (Wildman–Crippen LogP) is 3.65. The van der Waals surface area contributed by atoms with Gasteiger partial charge in [-0.3, -0.25) is 0 Å². The van der Waals surface area contributed by atoms with Gasteiger partial charge in [0.05, 0.1) is 17.2 Å². The fourth-order valence-corrected chi connectivity index (χ4v) is 3.05. The van der Waals surface area contributed by atoms with Gasteiger partial charge >= 0.3 is 0 Å². The first-order valence-corrected chi connectivity index (χ1v) is 5.59. The van der Waals surface area contributed by atoms with E-state index in [4.69, 9.17) is 4.74 Å². The molecule has 2 rings (SSSR count). The van der Waals surface area contributed by atoms with Gasteiger partial charge in [0.1, 0.15) is 11.6 Å². The lowest BCUT2D eigenvalue weighted by Gasteiger charge is -1.99. The first-order chi connectivity index (χ1) is 6.24. The minimum atomic E-state index is -0.177. The molecule has 0 saturated carbocycles. The summed E-state index contributed by atoms with van der Waals surface area (Å²) in [6.45, 7) is 0. The number of halogens is 2. The molecule has 1 aromatic carbocycles. The normalized spacial score (nSPS) is 10.7. The molecule has 4 heteroatoms. The second kappa shape index (κ2) is 3.42. The maximum Gasteiger partial charge on any atom is 0.141 e. The smallest absolute Gasteiger partial charge is 0.141 e. The molecule has 2 aromatic rings. The van der Waals surface area contributed by atoms with Gasteiger partial charge in [0.15, 0.2) is 0 Å². The summed E-state index contributed by atoms with van der Waals surface area (Å²) in [6.07, 6.45) is 0. The highest BCUT2D eigenvalue weighted by molar-refractivity contribution is 14.1. The van der Waals surface area contributed by atoms with Gasteiger partial charge in [-0.25, -0.2) is 4.39 Å². The van der Waals surface area contributed by atoms with Crippen LogP contribution in [0.4, 0.5) is 4.39 Å². The lowest BCUT2D eigenvalue weighted by atomic mass is 10.2. The van der Waals surface area contributed by atoms with Crippen molar-refractivity contribution in [1.82, 2.24) is 0 Å². The molecule has 68 valence electrons. The van der Waals surface area contributed by atoms with Gasteiger partial charge in [0.2, 0.25) is 0 Å². The van der Waals surface area contributed by atoms with Crippen LogP contribution in [-0.2, 0) is 0 Å². The Hall–Kier alpha value is -0.360. The Kier molecular flexibility index (Phi) is 2.42. The summed E-state index contributed by atoms with van der Waals surface area (Å²) in [5.41, 5.74) is 0. The number of thiophene rings is 1. The summed E-state index contributed by atoms with van der Waals surface area (Å²) in [5, 5.41) is 2.71. The number of rotatable bonds is 1. The lowest BCUT2D eigenvalue weighted by molar-refractivity contribution is 0.421. The van der Waals surface area contributed by atoms with Crippen LogP contribution in [0.2, 0.25) is 0 Å². The third-order valence-electron chi connectivity index (χ3n) is 1.81. The van der Waals surface area contributed by atoms with Gasteiger partial charge in [-0.2, -0.15) is 0 Å². The maximum atomic E-state index is 13.3. The number of hydrogen-bond donors (Lipinski definition) is 0. The zero-order valence-corrected chi connectivity index (χ0v) is 9.78. The Morgan fingerprint density at radius 2 is 2.23 bits per heavy atom. The molecule has 0 saturated heterocycles. The number of hydrogen-bond acceptors (Lipinski definition) is 2. The molecule has 1 nitrogen and oxygen atoms in total. The molecule has 0 atom stereocenters. The van der Waals surface area contributed by atoms with Crippen LogP contribution in [0.5, 0.6) is 5.75 Å². The SMILES string of the molecule is COc1csc2c(F)ccc(I)c12. The zero-order valence-electron chi connectivity index (χ0n) is 6.80. The number of ether oxygens (including phenoxy) is 1. The van der Waals surface area contributed by atoms with Crippen LogP contribution in [0.25, 0.3) is 10.1 Å². The molecule has 0 amide bonds. The van der Waals surface area contributed by atoms with Crippen LogP contribution in [0.3, 0.4) is 0 Å². The van der Waals surface area contributed by atoms with Gasteiger partial charge in [0, 0.05) is 8.95 Å². The average molecular weight is 308 g/mol. The standard InChI is InChI=1S/C9H6FIOS/c1-12-7-4-13-9-5(10)2-3-6(11)8(7)9/h2-4H,1H3. The zero-order chi connectivity index (χ0) is 9.42. The van der Waals surface area contributed by atoms with Gasteiger partial charge < -0.3 is 4.74 Å². The van der Waals surface area contributed by atoms with Crippen molar-refractivity contribution >= 4 is 44.0 Å². The molecule has 13 heavy (non-hydrogen) atoms. The van der Waals surface area contributed by atoms with E-state index in [-0.39, 0.29) is 5.82 Å². The highest BCUT2D eigenvalue weighted by Gasteiger charge is 2.11. The summed E-state index contributed by atoms with van der Waals surface area (Å²) in [7, 11) is 1.60. The van der Waals surface area contributed by atoms with E-state index in [1.807, 2.05) is 5.38 Å². The van der Waals surface area contributed by atoms with Crippen LogP contribution in [-0.4, -0.2) is 7.11 Å². The van der Waals surface area contributed by atoms with E-state index in [9.17, 15) is 4.39 Å². The molecule has 0 spiro atoms. The van der Waals surface area contributed by atoms with E-state index >= 15 is 0 Å². The second-order valence-corrected chi connectivity index (χ2v) is 4.58. The minimum absolute atomic E-state index is 0.177. The highest BCUT2D eigenvalue weighted by atomic mass is 127. The Morgan fingerprint density at radius 1 is 1.46 bits per heavy atom. The van der Waals surface area contributed by atoms with Crippen LogP contribution in [0, 0.1) is 9.39 Å².